The molecule has 3 aromatic rings. The van der Waals surface area contributed by atoms with Crippen molar-refractivity contribution in [3.05, 3.63) is 63.8 Å². The lowest BCUT2D eigenvalue weighted by Gasteiger charge is -2.07. The third-order valence-corrected chi connectivity index (χ3v) is 3.18. The lowest BCUT2D eigenvalue weighted by atomic mass is 10.2. The van der Waals surface area contributed by atoms with Crippen LogP contribution in [0.5, 0.6) is 11.5 Å². The molecule has 0 spiro atoms. The number of nitrogens with one attached hydrogen (secondary N) is 1. The zero-order valence-electron chi connectivity index (χ0n) is 10.2. The van der Waals surface area contributed by atoms with E-state index in [9.17, 15) is 10.1 Å². The summed E-state index contributed by atoms with van der Waals surface area (Å²) in [6.45, 7) is 0. The Kier molecular flexibility index (Phi) is 3.04. The van der Waals surface area contributed by atoms with Gasteiger partial charge in [0.25, 0.3) is 5.69 Å². The summed E-state index contributed by atoms with van der Waals surface area (Å²) in [5.74, 6) is 0.985. The number of ether oxygens (including phenoxy) is 1. The fraction of sp³-hybridized carbons (Fsp3) is 0. The number of aromatic amines is 1. The molecule has 1 heterocycles. The van der Waals surface area contributed by atoms with E-state index < -0.39 is 4.92 Å². The number of nitro groups is 1. The number of hydrogen-bond donors (Lipinski definition) is 1. The van der Waals surface area contributed by atoms with Gasteiger partial charge in [-0.05, 0) is 29.7 Å². The molecule has 0 unspecified atom stereocenters. The molecule has 0 saturated carbocycles. The van der Waals surface area contributed by atoms with Gasteiger partial charge in [0.05, 0.1) is 9.95 Å². The summed E-state index contributed by atoms with van der Waals surface area (Å²) in [7, 11) is 0. The van der Waals surface area contributed by atoms with E-state index >= 15 is 0 Å². The molecule has 100 valence electrons. The van der Waals surface area contributed by atoms with Gasteiger partial charge in [0, 0.05) is 29.9 Å². The van der Waals surface area contributed by atoms with Gasteiger partial charge in [-0.15, -0.1) is 0 Å². The number of rotatable bonds is 3. The first-order valence-electron chi connectivity index (χ1n) is 5.82. The Hall–Kier alpha value is -2.53. The van der Waals surface area contributed by atoms with E-state index in [2.05, 4.69) is 4.98 Å². The lowest BCUT2D eigenvalue weighted by Crippen LogP contribution is -1.90. The summed E-state index contributed by atoms with van der Waals surface area (Å²) in [4.78, 5) is 13.2. The lowest BCUT2D eigenvalue weighted by molar-refractivity contribution is -0.384. The maximum Gasteiger partial charge on any atom is 0.271 e. The molecule has 0 atom stereocenters. The van der Waals surface area contributed by atoms with Crippen LogP contribution in [0.2, 0.25) is 5.02 Å². The van der Waals surface area contributed by atoms with Crippen molar-refractivity contribution in [3.63, 3.8) is 0 Å². The molecule has 0 aliphatic rings. The molecule has 1 N–H and O–H groups in total. The summed E-state index contributed by atoms with van der Waals surface area (Å²) in [6, 6.07) is 11.6. The molecule has 0 saturated heterocycles. The smallest absolute Gasteiger partial charge is 0.271 e. The van der Waals surface area contributed by atoms with Gasteiger partial charge in [0.2, 0.25) is 0 Å². The molecule has 6 heteroatoms. The van der Waals surface area contributed by atoms with Crippen LogP contribution >= 0.6 is 11.6 Å². The molecule has 5 nitrogen and oxygen atoms in total. The predicted octanol–water partition coefficient (Wildman–Crippen LogP) is 4.52. The first-order valence-corrected chi connectivity index (χ1v) is 6.20. The van der Waals surface area contributed by atoms with Gasteiger partial charge >= 0.3 is 0 Å². The van der Waals surface area contributed by atoms with Gasteiger partial charge < -0.3 is 9.72 Å². The minimum Gasteiger partial charge on any atom is -0.456 e. The van der Waals surface area contributed by atoms with Crippen LogP contribution in [0.4, 0.5) is 5.69 Å². The van der Waals surface area contributed by atoms with Gasteiger partial charge in [-0.2, -0.15) is 0 Å². The highest BCUT2D eigenvalue weighted by atomic mass is 35.5. The summed E-state index contributed by atoms with van der Waals surface area (Å²) < 4.78 is 5.65. The third kappa shape index (κ3) is 2.31. The molecule has 2 aromatic carbocycles. The zero-order chi connectivity index (χ0) is 14.1. The van der Waals surface area contributed by atoms with Crippen molar-refractivity contribution in [2.45, 2.75) is 0 Å². The van der Waals surface area contributed by atoms with E-state index in [4.69, 9.17) is 16.3 Å². The quantitative estimate of drug-likeness (QED) is 0.569. The van der Waals surface area contributed by atoms with E-state index in [1.807, 2.05) is 30.5 Å². The number of aromatic nitrogens is 1. The van der Waals surface area contributed by atoms with Crippen molar-refractivity contribution in [3.8, 4) is 11.5 Å². The van der Waals surface area contributed by atoms with Crippen LogP contribution in [0, 0.1) is 10.1 Å². The summed E-state index contributed by atoms with van der Waals surface area (Å²) >= 11 is 5.98. The molecule has 0 radical (unpaired) electrons. The maximum absolute atomic E-state index is 10.6. The largest absolute Gasteiger partial charge is 0.456 e. The highest BCUT2D eigenvalue weighted by molar-refractivity contribution is 6.32. The number of non-ortho nitro benzene ring substituents is 1. The summed E-state index contributed by atoms with van der Waals surface area (Å²) in [5, 5.41) is 11.9. The fourth-order valence-corrected chi connectivity index (χ4v) is 2.12. The Balaban J connectivity index is 1.92. The number of hydrogen-bond acceptors (Lipinski definition) is 3. The Morgan fingerprint density at radius 2 is 2.00 bits per heavy atom. The van der Waals surface area contributed by atoms with Crippen LogP contribution in [-0.2, 0) is 0 Å². The third-order valence-electron chi connectivity index (χ3n) is 2.88. The number of H-pyrrole nitrogens is 1. The number of halogens is 1. The summed E-state index contributed by atoms with van der Waals surface area (Å²) in [5.41, 5.74) is 0.878. The molecule has 1 aromatic heterocycles. The summed E-state index contributed by atoms with van der Waals surface area (Å²) in [6.07, 6.45) is 1.84. The van der Waals surface area contributed by atoms with Crippen LogP contribution in [0.15, 0.2) is 48.7 Å². The van der Waals surface area contributed by atoms with E-state index in [0.717, 1.165) is 10.9 Å². The monoisotopic (exact) mass is 288 g/mol. The maximum atomic E-state index is 10.6. The Labute approximate surface area is 118 Å². The van der Waals surface area contributed by atoms with Crippen LogP contribution in [0.1, 0.15) is 0 Å². The second-order valence-electron chi connectivity index (χ2n) is 4.20. The second kappa shape index (κ2) is 4.86. The average molecular weight is 289 g/mol. The van der Waals surface area contributed by atoms with Crippen LogP contribution in [0.25, 0.3) is 10.9 Å². The Morgan fingerprint density at radius 3 is 2.75 bits per heavy atom. The first-order chi connectivity index (χ1) is 9.63. The number of fused-ring (bicyclic) bond motifs is 1. The molecule has 0 aliphatic carbocycles. The van der Waals surface area contributed by atoms with Crippen molar-refractivity contribution >= 4 is 28.2 Å². The van der Waals surface area contributed by atoms with Gasteiger partial charge in [-0.1, -0.05) is 11.6 Å². The molecule has 3 rings (SSSR count). The zero-order valence-corrected chi connectivity index (χ0v) is 10.9. The fourth-order valence-electron chi connectivity index (χ4n) is 1.90. The van der Waals surface area contributed by atoms with Crippen molar-refractivity contribution in [1.29, 1.82) is 0 Å². The van der Waals surface area contributed by atoms with Crippen molar-refractivity contribution in [1.82, 2.24) is 4.98 Å². The number of nitrogens with zero attached hydrogens (tertiary/aromatic N) is 1. The van der Waals surface area contributed by atoms with E-state index in [0.29, 0.717) is 11.5 Å². The van der Waals surface area contributed by atoms with E-state index in [-0.39, 0.29) is 10.7 Å². The van der Waals surface area contributed by atoms with Crippen molar-refractivity contribution < 1.29 is 9.66 Å². The van der Waals surface area contributed by atoms with E-state index in [1.54, 1.807) is 0 Å². The number of nitro benzene ring substituents is 1. The Morgan fingerprint density at radius 1 is 1.15 bits per heavy atom. The van der Waals surface area contributed by atoms with Crippen molar-refractivity contribution in [2.24, 2.45) is 0 Å². The molecule has 0 aliphatic heterocycles. The second-order valence-corrected chi connectivity index (χ2v) is 4.61. The average Bonchev–Trinajstić information content (AvgIpc) is 2.88. The topological polar surface area (TPSA) is 68.2 Å². The van der Waals surface area contributed by atoms with Crippen molar-refractivity contribution in [2.75, 3.05) is 0 Å². The highest BCUT2D eigenvalue weighted by Gasteiger charge is 2.11. The SMILES string of the molecule is O=[N+]([O-])c1ccc(Oc2ccc3cc[nH]c3c2)c(Cl)c1. The van der Waals surface area contributed by atoms with Crippen LogP contribution in [0.3, 0.4) is 0 Å². The minimum atomic E-state index is -0.499. The minimum absolute atomic E-state index is 0.0674. The van der Waals surface area contributed by atoms with Crippen LogP contribution in [-0.4, -0.2) is 9.91 Å². The van der Waals surface area contributed by atoms with Gasteiger partial charge in [-0.25, -0.2) is 0 Å². The molecule has 20 heavy (non-hydrogen) atoms. The van der Waals surface area contributed by atoms with Gasteiger partial charge in [0.15, 0.2) is 0 Å². The molecular formula is C14H9ClN2O3. The van der Waals surface area contributed by atoms with Crippen LogP contribution < -0.4 is 4.74 Å². The molecular weight excluding hydrogens is 280 g/mol. The number of benzene rings is 2. The van der Waals surface area contributed by atoms with Gasteiger partial charge in [0.1, 0.15) is 11.5 Å². The molecule has 0 bridgehead atoms. The normalized spacial score (nSPS) is 10.7. The molecule has 0 fully saturated rings. The molecule has 0 amide bonds. The predicted molar refractivity (Wildman–Crippen MR) is 76.5 cm³/mol. The Bertz CT molecular complexity index is 798. The highest BCUT2D eigenvalue weighted by Crippen LogP contribution is 2.33. The van der Waals surface area contributed by atoms with Gasteiger partial charge in [-0.3, -0.25) is 10.1 Å². The first kappa shape index (κ1) is 12.5. The standard InChI is InChI=1S/C14H9ClN2O3/c15-12-7-10(17(18)19)2-4-14(12)20-11-3-1-9-5-6-16-13(9)8-11/h1-8,16H. The van der Waals surface area contributed by atoms with E-state index in [1.165, 1.54) is 18.2 Å².